The van der Waals surface area contributed by atoms with Gasteiger partial charge in [0.25, 0.3) is 0 Å². The van der Waals surface area contributed by atoms with Crippen molar-refractivity contribution in [3.05, 3.63) is 174 Å². The van der Waals surface area contributed by atoms with Crippen LogP contribution in [0.5, 0.6) is 0 Å². The molecule has 9 rings (SSSR count). The average molecular weight is 636 g/mol. The molecule has 0 saturated carbocycles. The topological polar surface area (TPSA) is 61.8 Å². The molecule has 0 fully saturated rings. The summed E-state index contributed by atoms with van der Waals surface area (Å²) in [5.41, 5.74) is 10.8. The molecule has 0 aliphatic carbocycles. The average Bonchev–Trinajstić information content (AvgIpc) is 3.69. The highest BCUT2D eigenvalue weighted by Crippen LogP contribution is 2.43. The summed E-state index contributed by atoms with van der Waals surface area (Å²) in [4.78, 5) is 4.07. The fourth-order valence-electron chi connectivity index (χ4n) is 7.45. The van der Waals surface area contributed by atoms with Crippen molar-refractivity contribution in [2.75, 3.05) is 0 Å². The molecule has 5 nitrogen and oxygen atoms in total. The molecular weight excluding hydrogens is 611 g/mol. The molecule has 2 heterocycles. The van der Waals surface area contributed by atoms with Crippen LogP contribution < -0.4 is 0 Å². The van der Waals surface area contributed by atoms with Gasteiger partial charge < -0.3 is 9.13 Å². The summed E-state index contributed by atoms with van der Waals surface area (Å²) < 4.78 is 4.33. The quantitative estimate of drug-likeness (QED) is 0.181. The lowest BCUT2D eigenvalue weighted by Gasteiger charge is -2.16. The zero-order valence-corrected chi connectivity index (χ0v) is 26.7. The molecular formula is C45H25N5. The number of nitriles is 2. The first kappa shape index (κ1) is 28.8. The highest BCUT2D eigenvalue weighted by molar-refractivity contribution is 6.11. The van der Waals surface area contributed by atoms with Crippen LogP contribution in [0.1, 0.15) is 11.1 Å². The minimum absolute atomic E-state index is 0.398. The van der Waals surface area contributed by atoms with E-state index in [4.69, 9.17) is 6.57 Å². The van der Waals surface area contributed by atoms with Crippen molar-refractivity contribution >= 4 is 49.3 Å². The summed E-state index contributed by atoms with van der Waals surface area (Å²) in [6, 6.07) is 55.5. The van der Waals surface area contributed by atoms with Crippen molar-refractivity contribution in [2.24, 2.45) is 0 Å². The van der Waals surface area contributed by atoms with Crippen LogP contribution in [-0.4, -0.2) is 9.13 Å². The number of hydrogen-bond acceptors (Lipinski definition) is 2. The first-order chi connectivity index (χ1) is 24.7. The van der Waals surface area contributed by atoms with Gasteiger partial charge in [-0.3, -0.25) is 0 Å². The van der Waals surface area contributed by atoms with Crippen LogP contribution in [0.15, 0.2) is 152 Å². The van der Waals surface area contributed by atoms with Gasteiger partial charge in [0.1, 0.15) is 0 Å². The van der Waals surface area contributed by atoms with Crippen LogP contribution in [0.25, 0.3) is 82.1 Å². The molecule has 7 aromatic carbocycles. The van der Waals surface area contributed by atoms with E-state index in [1.54, 1.807) is 12.1 Å². The van der Waals surface area contributed by atoms with Gasteiger partial charge >= 0.3 is 0 Å². The third-order valence-electron chi connectivity index (χ3n) is 9.64. The summed E-state index contributed by atoms with van der Waals surface area (Å²) >= 11 is 0. The molecule has 0 amide bonds. The molecule has 0 N–H and O–H groups in total. The van der Waals surface area contributed by atoms with E-state index in [1.165, 1.54) is 10.8 Å². The Morgan fingerprint density at radius 1 is 0.480 bits per heavy atom. The first-order valence-corrected chi connectivity index (χ1v) is 16.3. The standard InChI is InChI=1S/C45H25N5/c1-48-44-34(24-23-32(28-47)45(44)50-42-17-9-5-13-37(42)38-26-29(27-46)18-25-43(38)50)31-21-19-30(20-22-31)33-10-2-6-14-39(33)49-40-15-7-3-11-35(40)36-12-4-8-16-41(36)49/h2-26H. The molecule has 0 saturated heterocycles. The minimum Gasteiger partial charge on any atom is -0.318 e. The molecule has 0 atom stereocenters. The van der Waals surface area contributed by atoms with Gasteiger partial charge in [-0.25, -0.2) is 4.85 Å². The molecule has 0 radical (unpaired) electrons. The van der Waals surface area contributed by atoms with Crippen LogP contribution in [0.3, 0.4) is 0 Å². The van der Waals surface area contributed by atoms with Crippen LogP contribution in [-0.2, 0) is 0 Å². The molecule has 0 bridgehead atoms. The molecule has 9 aromatic rings. The minimum atomic E-state index is 0.398. The smallest absolute Gasteiger partial charge is 0.219 e. The lowest BCUT2D eigenvalue weighted by Crippen LogP contribution is -1.99. The summed E-state index contributed by atoms with van der Waals surface area (Å²) in [5.74, 6) is 0. The highest BCUT2D eigenvalue weighted by atomic mass is 15.0. The largest absolute Gasteiger partial charge is 0.318 e. The van der Waals surface area contributed by atoms with E-state index in [2.05, 4.69) is 119 Å². The second-order valence-electron chi connectivity index (χ2n) is 12.2. The predicted octanol–water partition coefficient (Wildman–Crippen LogP) is 11.5. The number of fused-ring (bicyclic) bond motifs is 6. The summed E-state index contributed by atoms with van der Waals surface area (Å²) in [7, 11) is 0. The van der Waals surface area contributed by atoms with Gasteiger partial charge in [0.15, 0.2) is 0 Å². The maximum absolute atomic E-state index is 10.3. The Morgan fingerprint density at radius 2 is 1.02 bits per heavy atom. The normalized spacial score (nSPS) is 11.1. The Hall–Kier alpha value is -7.39. The van der Waals surface area contributed by atoms with E-state index >= 15 is 0 Å². The molecule has 50 heavy (non-hydrogen) atoms. The number of nitrogens with zero attached hydrogens (tertiary/aromatic N) is 5. The SMILES string of the molecule is [C-]#[N+]c1c(-c2ccc(-c3ccccc3-n3c4ccccc4c4ccccc43)cc2)ccc(C#N)c1-n1c2ccccc2c2cc(C#N)ccc21. The van der Waals surface area contributed by atoms with Crippen molar-refractivity contribution in [3.8, 4) is 45.8 Å². The van der Waals surface area contributed by atoms with Crippen molar-refractivity contribution in [3.63, 3.8) is 0 Å². The third-order valence-corrected chi connectivity index (χ3v) is 9.64. The van der Waals surface area contributed by atoms with Gasteiger partial charge in [-0.1, -0.05) is 103 Å². The second-order valence-corrected chi connectivity index (χ2v) is 12.2. The molecule has 0 aliphatic heterocycles. The number of para-hydroxylation sites is 4. The van der Waals surface area contributed by atoms with E-state index in [0.29, 0.717) is 22.5 Å². The molecule has 230 valence electrons. The van der Waals surface area contributed by atoms with Crippen LogP contribution in [0, 0.1) is 29.2 Å². The number of hydrogen-bond donors (Lipinski definition) is 0. The zero-order chi connectivity index (χ0) is 33.8. The van der Waals surface area contributed by atoms with Gasteiger partial charge in [0.2, 0.25) is 5.69 Å². The van der Waals surface area contributed by atoms with Crippen LogP contribution >= 0.6 is 0 Å². The first-order valence-electron chi connectivity index (χ1n) is 16.3. The maximum atomic E-state index is 10.3. The van der Waals surface area contributed by atoms with Crippen molar-refractivity contribution in [1.29, 1.82) is 10.5 Å². The van der Waals surface area contributed by atoms with Gasteiger partial charge in [0.05, 0.1) is 63.3 Å². The lowest BCUT2D eigenvalue weighted by atomic mass is 9.96. The summed E-state index contributed by atoms with van der Waals surface area (Å²) in [6.07, 6.45) is 0. The zero-order valence-electron chi connectivity index (χ0n) is 26.7. The molecule has 0 unspecified atom stereocenters. The van der Waals surface area contributed by atoms with E-state index in [1.807, 2.05) is 47.0 Å². The Balaban J connectivity index is 1.21. The fourth-order valence-corrected chi connectivity index (χ4v) is 7.45. The molecule has 2 aromatic heterocycles. The van der Waals surface area contributed by atoms with E-state index in [0.717, 1.165) is 60.8 Å². The highest BCUT2D eigenvalue weighted by Gasteiger charge is 2.22. The Morgan fingerprint density at radius 3 is 1.64 bits per heavy atom. The fraction of sp³-hybridized carbons (Fsp3) is 0. The summed E-state index contributed by atoms with van der Waals surface area (Å²) in [6.45, 7) is 8.40. The Labute approximate surface area is 288 Å². The van der Waals surface area contributed by atoms with E-state index in [9.17, 15) is 10.5 Å². The van der Waals surface area contributed by atoms with Crippen molar-refractivity contribution < 1.29 is 0 Å². The summed E-state index contributed by atoms with van der Waals surface area (Å²) in [5, 5.41) is 24.2. The monoisotopic (exact) mass is 635 g/mol. The van der Waals surface area contributed by atoms with Crippen LogP contribution in [0.2, 0.25) is 0 Å². The predicted molar refractivity (Wildman–Crippen MR) is 202 cm³/mol. The Kier molecular flexibility index (Phi) is 6.56. The molecule has 0 spiro atoms. The molecule has 0 aliphatic rings. The van der Waals surface area contributed by atoms with Gasteiger partial charge in [-0.15, -0.1) is 0 Å². The lowest BCUT2D eigenvalue weighted by molar-refractivity contribution is 1.17. The molecule has 5 heteroatoms. The third kappa shape index (κ3) is 4.24. The van der Waals surface area contributed by atoms with Gasteiger partial charge in [0, 0.05) is 27.1 Å². The number of benzene rings is 7. The van der Waals surface area contributed by atoms with Crippen LogP contribution in [0.4, 0.5) is 5.69 Å². The van der Waals surface area contributed by atoms with Gasteiger partial charge in [-0.05, 0) is 65.2 Å². The van der Waals surface area contributed by atoms with E-state index in [-0.39, 0.29) is 0 Å². The van der Waals surface area contributed by atoms with Gasteiger partial charge in [-0.2, -0.15) is 10.5 Å². The number of aromatic nitrogens is 2. The maximum Gasteiger partial charge on any atom is 0.219 e. The van der Waals surface area contributed by atoms with Crippen molar-refractivity contribution in [2.45, 2.75) is 0 Å². The van der Waals surface area contributed by atoms with E-state index < -0.39 is 0 Å². The van der Waals surface area contributed by atoms with Crippen molar-refractivity contribution in [1.82, 2.24) is 9.13 Å². The second kappa shape index (κ2) is 11.4. The Bertz CT molecular complexity index is 2900. The number of rotatable bonds is 4.